The van der Waals surface area contributed by atoms with Crippen molar-refractivity contribution >= 4 is 16.7 Å². The first-order valence-electron chi connectivity index (χ1n) is 5.84. The highest BCUT2D eigenvalue weighted by Crippen LogP contribution is 2.13. The van der Waals surface area contributed by atoms with Crippen molar-refractivity contribution in [2.75, 3.05) is 14.1 Å². The molecule has 1 amide bonds. The van der Waals surface area contributed by atoms with E-state index in [0.29, 0.717) is 11.1 Å². The van der Waals surface area contributed by atoms with Crippen molar-refractivity contribution in [3.05, 3.63) is 46.4 Å². The van der Waals surface area contributed by atoms with Crippen molar-refractivity contribution in [2.45, 2.75) is 6.54 Å². The SMILES string of the molecule is C#CCn1c(C(=O)N(C)C)cc2ccccc2c1=O. The second-order valence-electron chi connectivity index (χ2n) is 4.41. The molecule has 0 bridgehead atoms. The zero-order valence-corrected chi connectivity index (χ0v) is 10.9. The monoisotopic (exact) mass is 254 g/mol. The third-order valence-electron chi connectivity index (χ3n) is 2.89. The predicted molar refractivity (Wildman–Crippen MR) is 75.1 cm³/mol. The zero-order chi connectivity index (χ0) is 14.0. The van der Waals surface area contributed by atoms with Crippen LogP contribution in [0.2, 0.25) is 0 Å². The number of aromatic nitrogens is 1. The third kappa shape index (κ3) is 2.23. The molecule has 0 atom stereocenters. The van der Waals surface area contributed by atoms with E-state index in [0.717, 1.165) is 5.39 Å². The average Bonchev–Trinajstić information content (AvgIpc) is 2.41. The van der Waals surface area contributed by atoms with Crippen LogP contribution in [0.4, 0.5) is 0 Å². The number of amides is 1. The maximum atomic E-state index is 12.4. The molecule has 1 heterocycles. The molecule has 2 aromatic rings. The Morgan fingerprint density at radius 3 is 2.68 bits per heavy atom. The molecular formula is C15H14N2O2. The fraction of sp³-hybridized carbons (Fsp3) is 0.200. The Morgan fingerprint density at radius 1 is 1.37 bits per heavy atom. The first kappa shape index (κ1) is 12.9. The van der Waals surface area contributed by atoms with E-state index in [-0.39, 0.29) is 18.0 Å². The van der Waals surface area contributed by atoms with Crippen LogP contribution in [0.3, 0.4) is 0 Å². The molecule has 0 N–H and O–H groups in total. The van der Waals surface area contributed by atoms with E-state index in [1.165, 1.54) is 9.47 Å². The Hall–Kier alpha value is -2.54. The summed E-state index contributed by atoms with van der Waals surface area (Å²) in [4.78, 5) is 25.9. The molecule has 0 saturated heterocycles. The van der Waals surface area contributed by atoms with Crippen LogP contribution < -0.4 is 5.56 Å². The second-order valence-corrected chi connectivity index (χ2v) is 4.41. The summed E-state index contributed by atoms with van der Waals surface area (Å²) in [6.07, 6.45) is 5.28. The summed E-state index contributed by atoms with van der Waals surface area (Å²) < 4.78 is 1.34. The van der Waals surface area contributed by atoms with Gasteiger partial charge in [-0.2, -0.15) is 0 Å². The molecule has 19 heavy (non-hydrogen) atoms. The topological polar surface area (TPSA) is 42.3 Å². The number of carbonyl (C=O) groups is 1. The molecule has 1 aromatic heterocycles. The fourth-order valence-corrected chi connectivity index (χ4v) is 1.95. The molecule has 0 unspecified atom stereocenters. The number of nitrogens with zero attached hydrogens (tertiary/aromatic N) is 2. The fourth-order valence-electron chi connectivity index (χ4n) is 1.95. The van der Waals surface area contributed by atoms with Gasteiger partial charge in [-0.05, 0) is 17.5 Å². The highest BCUT2D eigenvalue weighted by molar-refractivity contribution is 5.96. The summed E-state index contributed by atoms with van der Waals surface area (Å²) in [7, 11) is 3.28. The number of terminal acetylenes is 1. The maximum Gasteiger partial charge on any atom is 0.270 e. The minimum atomic E-state index is -0.238. The minimum Gasteiger partial charge on any atom is -0.343 e. The lowest BCUT2D eigenvalue weighted by molar-refractivity contribution is 0.0816. The molecule has 1 aromatic carbocycles. The average molecular weight is 254 g/mol. The largest absolute Gasteiger partial charge is 0.343 e. The van der Waals surface area contributed by atoms with E-state index in [1.807, 2.05) is 12.1 Å². The molecule has 2 rings (SSSR count). The molecule has 0 saturated carbocycles. The van der Waals surface area contributed by atoms with E-state index in [4.69, 9.17) is 6.42 Å². The van der Waals surface area contributed by atoms with Crippen LogP contribution in [0, 0.1) is 12.3 Å². The van der Waals surface area contributed by atoms with E-state index < -0.39 is 0 Å². The van der Waals surface area contributed by atoms with Gasteiger partial charge in [0.05, 0.1) is 6.54 Å². The number of rotatable bonds is 2. The van der Waals surface area contributed by atoms with Crippen LogP contribution in [-0.4, -0.2) is 29.5 Å². The summed E-state index contributed by atoms with van der Waals surface area (Å²) in [5.74, 6) is 2.18. The standard InChI is InChI=1S/C15H14N2O2/c1-4-9-17-13(15(19)16(2)3)10-11-7-5-6-8-12(11)14(17)18/h1,5-8,10H,9H2,2-3H3. The first-order chi connectivity index (χ1) is 9.06. The lowest BCUT2D eigenvalue weighted by Crippen LogP contribution is -2.31. The van der Waals surface area contributed by atoms with Gasteiger partial charge in [0, 0.05) is 19.5 Å². The van der Waals surface area contributed by atoms with Crippen molar-refractivity contribution in [1.29, 1.82) is 0 Å². The van der Waals surface area contributed by atoms with Crippen LogP contribution >= 0.6 is 0 Å². The van der Waals surface area contributed by atoms with Crippen molar-refractivity contribution in [2.24, 2.45) is 0 Å². The Labute approximate surface area is 111 Å². The van der Waals surface area contributed by atoms with Gasteiger partial charge in [0.2, 0.25) is 0 Å². The van der Waals surface area contributed by atoms with Crippen LogP contribution in [0.15, 0.2) is 35.1 Å². The van der Waals surface area contributed by atoms with Crippen LogP contribution in [0.1, 0.15) is 10.5 Å². The number of hydrogen-bond acceptors (Lipinski definition) is 2. The third-order valence-corrected chi connectivity index (χ3v) is 2.89. The van der Waals surface area contributed by atoms with Crippen molar-refractivity contribution in [1.82, 2.24) is 9.47 Å². The highest BCUT2D eigenvalue weighted by Gasteiger charge is 2.16. The minimum absolute atomic E-state index is 0.0819. The van der Waals surface area contributed by atoms with Gasteiger partial charge in [0.15, 0.2) is 0 Å². The summed E-state index contributed by atoms with van der Waals surface area (Å²) in [5.41, 5.74) is 0.0768. The Kier molecular flexibility index (Phi) is 3.39. The Bertz CT molecular complexity index is 736. The van der Waals surface area contributed by atoms with Gasteiger partial charge >= 0.3 is 0 Å². The molecule has 0 aliphatic carbocycles. The Balaban J connectivity index is 2.82. The molecule has 96 valence electrons. The van der Waals surface area contributed by atoms with Crippen molar-refractivity contribution < 1.29 is 4.79 Å². The van der Waals surface area contributed by atoms with Crippen LogP contribution in [-0.2, 0) is 6.54 Å². The van der Waals surface area contributed by atoms with E-state index in [1.54, 1.807) is 32.3 Å². The van der Waals surface area contributed by atoms with Crippen molar-refractivity contribution in [3.8, 4) is 12.3 Å². The predicted octanol–water partition coefficient (Wildman–Crippen LogP) is 1.34. The molecule has 0 aliphatic heterocycles. The van der Waals surface area contributed by atoms with E-state index in [9.17, 15) is 9.59 Å². The molecule has 4 heteroatoms. The van der Waals surface area contributed by atoms with Crippen LogP contribution in [0.25, 0.3) is 10.8 Å². The first-order valence-corrected chi connectivity index (χ1v) is 5.84. The van der Waals surface area contributed by atoms with Gasteiger partial charge in [-0.1, -0.05) is 24.1 Å². The quantitative estimate of drug-likeness (QED) is 0.759. The number of pyridine rings is 1. The summed E-state index contributed by atoms with van der Waals surface area (Å²) in [6, 6.07) is 8.86. The number of hydrogen-bond donors (Lipinski definition) is 0. The normalized spacial score (nSPS) is 10.2. The van der Waals surface area contributed by atoms with Gasteiger partial charge in [-0.25, -0.2) is 0 Å². The van der Waals surface area contributed by atoms with Gasteiger partial charge in [-0.3, -0.25) is 14.2 Å². The lowest BCUT2D eigenvalue weighted by atomic mass is 10.1. The second kappa shape index (κ2) is 4.99. The molecule has 0 spiro atoms. The van der Waals surface area contributed by atoms with Crippen LogP contribution in [0.5, 0.6) is 0 Å². The summed E-state index contributed by atoms with van der Waals surface area (Å²) >= 11 is 0. The van der Waals surface area contributed by atoms with Gasteiger partial charge < -0.3 is 4.90 Å². The molecule has 0 aliphatic rings. The Morgan fingerprint density at radius 2 is 2.05 bits per heavy atom. The van der Waals surface area contributed by atoms with Gasteiger partial charge in [0.25, 0.3) is 11.5 Å². The smallest absolute Gasteiger partial charge is 0.270 e. The number of benzene rings is 1. The highest BCUT2D eigenvalue weighted by atomic mass is 16.2. The maximum absolute atomic E-state index is 12.4. The zero-order valence-electron chi connectivity index (χ0n) is 10.9. The van der Waals surface area contributed by atoms with Gasteiger partial charge in [0.1, 0.15) is 5.69 Å². The van der Waals surface area contributed by atoms with E-state index >= 15 is 0 Å². The molecule has 4 nitrogen and oxygen atoms in total. The van der Waals surface area contributed by atoms with Crippen molar-refractivity contribution in [3.63, 3.8) is 0 Å². The molecular weight excluding hydrogens is 240 g/mol. The summed E-state index contributed by atoms with van der Waals surface area (Å²) in [6.45, 7) is 0.0819. The summed E-state index contributed by atoms with van der Waals surface area (Å²) in [5, 5.41) is 1.30. The van der Waals surface area contributed by atoms with Gasteiger partial charge in [-0.15, -0.1) is 6.42 Å². The lowest BCUT2D eigenvalue weighted by Gasteiger charge is -2.15. The number of carbonyl (C=O) groups excluding carboxylic acids is 1. The van der Waals surface area contributed by atoms with E-state index in [2.05, 4.69) is 5.92 Å². The number of fused-ring (bicyclic) bond motifs is 1. The molecule has 0 radical (unpaired) electrons. The molecule has 0 fully saturated rings.